The van der Waals surface area contributed by atoms with E-state index in [1.807, 2.05) is 32.9 Å². The van der Waals surface area contributed by atoms with Crippen molar-refractivity contribution in [2.75, 3.05) is 20.0 Å². The Morgan fingerprint density at radius 1 is 0.505 bits per heavy atom. The van der Waals surface area contributed by atoms with E-state index in [1.165, 1.54) is 38.0 Å². The third-order valence-corrected chi connectivity index (χ3v) is 16.2. The number of imidazole rings is 1. The second-order valence-electron chi connectivity index (χ2n) is 23.1. The molecular formula is C72H62BrF15N10O9. The molecule has 4 N–H and O–H groups in total. The number of phenols is 2. The summed E-state index contributed by atoms with van der Waals surface area (Å²) < 4.78 is 206. The third-order valence-electron chi connectivity index (χ3n) is 15.6. The molecule has 6 aromatic carbocycles. The summed E-state index contributed by atoms with van der Waals surface area (Å²) in [5.41, 5.74) is 3.99. The Kier molecular flexibility index (Phi) is 26.0. The van der Waals surface area contributed by atoms with Crippen molar-refractivity contribution in [1.29, 1.82) is 0 Å². The summed E-state index contributed by atoms with van der Waals surface area (Å²) in [4.78, 5) is 76.6. The molecule has 107 heavy (non-hydrogen) atoms. The maximum atomic E-state index is 13.3. The number of rotatable bonds is 15. The van der Waals surface area contributed by atoms with Gasteiger partial charge >= 0.3 is 30.9 Å². The van der Waals surface area contributed by atoms with Gasteiger partial charge in [0.1, 0.15) is 45.9 Å². The Morgan fingerprint density at radius 3 is 1.39 bits per heavy atom. The number of hydrogen-bond acceptors (Lipinski definition) is 16. The molecule has 0 fully saturated rings. The number of methoxy groups -OCH3 is 2. The second-order valence-corrected chi connectivity index (χ2v) is 24.0. The zero-order valence-corrected chi connectivity index (χ0v) is 59.1. The number of alkyl halides is 15. The van der Waals surface area contributed by atoms with Gasteiger partial charge in [-0.15, -0.1) is 0 Å². The van der Waals surface area contributed by atoms with E-state index in [0.29, 0.717) is 83.4 Å². The number of fused-ring (bicyclic) bond motifs is 3. The van der Waals surface area contributed by atoms with Crippen molar-refractivity contribution in [1.82, 2.24) is 43.9 Å². The molecule has 0 aliphatic heterocycles. The van der Waals surface area contributed by atoms with Crippen molar-refractivity contribution in [2.45, 2.75) is 112 Å². The van der Waals surface area contributed by atoms with Crippen LogP contribution in [0.5, 0.6) is 23.0 Å². The van der Waals surface area contributed by atoms with Crippen molar-refractivity contribution in [3.63, 3.8) is 0 Å². The van der Waals surface area contributed by atoms with Crippen molar-refractivity contribution < 1.29 is 110 Å². The molecular weight excluding hydrogens is 1510 g/mol. The minimum atomic E-state index is -4.79. The first-order valence-corrected chi connectivity index (χ1v) is 32.3. The molecule has 0 atom stereocenters. The van der Waals surface area contributed by atoms with Gasteiger partial charge in [-0.3, -0.25) is 37.7 Å². The van der Waals surface area contributed by atoms with Crippen LogP contribution >= 0.6 is 15.9 Å². The van der Waals surface area contributed by atoms with Crippen LogP contribution in [0.1, 0.15) is 149 Å². The molecule has 0 saturated carbocycles. The van der Waals surface area contributed by atoms with Crippen molar-refractivity contribution in [3.8, 4) is 23.0 Å². The lowest BCUT2D eigenvalue weighted by Crippen LogP contribution is -2.13. The molecule has 19 nitrogen and oxygen atoms in total. The molecule has 0 amide bonds. The Labute approximate surface area is 606 Å². The molecule has 0 spiro atoms. The standard InChI is InChI=1S/C18H14BrF3N2O2.C18H16F3N3O2.C18H15F3N2O2.C13H13F3O3.C5H4F3N3/c1-3-24-15(11-6-9(2)4-5-14(11)23-24)16(25)10-7-12(18(20,21)22)17(26)13(19)8-10;1-4-13-15(24-9-10(2)8-22-17(24)23-13)16(25)11-5-6-14(26-3)12(7-11)18(19,20)21;1-3-23-16(12-8-10(2)4-6-14(12)22-23)17(25)11-5-7-15(24)13(9-11)18(19,20)21;1-3-9(17)7-11(18)8-4-5-12(19-2)10(6-8)13(14,15)16;6-5(7,8)3-1-10-4(9)11-2-3/h4-8,26H,3H2,1-2H3;5-9H,4H2,1-3H3;4-9,24H,3H2,1-2H3;4-6H,3,7H2,1-2H3;1-2H,(H2,9,10,11). The van der Waals surface area contributed by atoms with Gasteiger partial charge in [-0.1, -0.05) is 37.1 Å². The number of anilines is 1. The number of carbonyl (C=O) groups excluding carboxylic acids is 5. The fourth-order valence-electron chi connectivity index (χ4n) is 10.3. The number of halogens is 16. The minimum absolute atomic E-state index is 0.0869. The molecule has 0 bridgehead atoms. The highest BCUT2D eigenvalue weighted by Crippen LogP contribution is 2.43. The maximum Gasteiger partial charge on any atom is 0.420 e. The fraction of sp³-hybridized carbons (Fsp3) is 0.264. The number of aromatic hydroxyl groups is 2. The average molecular weight is 1580 g/mol. The monoisotopic (exact) mass is 1570 g/mol. The van der Waals surface area contributed by atoms with Gasteiger partial charge in [0.05, 0.1) is 69.7 Å². The van der Waals surface area contributed by atoms with Gasteiger partial charge in [0.15, 0.2) is 5.78 Å². The van der Waals surface area contributed by atoms with Gasteiger partial charge in [-0.25, -0.2) is 19.9 Å². The molecule has 0 aliphatic rings. The largest absolute Gasteiger partial charge is 0.507 e. The predicted molar refractivity (Wildman–Crippen MR) is 363 cm³/mol. The van der Waals surface area contributed by atoms with Crippen LogP contribution in [0.3, 0.4) is 0 Å². The zero-order chi connectivity index (χ0) is 79.7. The van der Waals surface area contributed by atoms with Crippen LogP contribution in [0, 0.1) is 20.8 Å². The maximum absolute atomic E-state index is 13.3. The van der Waals surface area contributed by atoms with Crippen LogP contribution in [-0.4, -0.2) is 97.2 Å². The number of nitrogens with two attached hydrogens (primary N) is 1. The molecule has 5 aromatic heterocycles. The van der Waals surface area contributed by atoms with E-state index in [1.54, 1.807) is 64.4 Å². The summed E-state index contributed by atoms with van der Waals surface area (Å²) in [6, 6.07) is 21.7. The first-order chi connectivity index (χ1) is 49.9. The lowest BCUT2D eigenvalue weighted by atomic mass is 10.0. The number of nitrogen functional groups attached to an aromatic ring is 1. The van der Waals surface area contributed by atoms with Crippen LogP contribution < -0.4 is 15.2 Å². The number of Topliss-reactive ketones (excluding diaryl/α,β-unsaturated/α-hetero) is 2. The lowest BCUT2D eigenvalue weighted by molar-refractivity contribution is -0.139. The van der Waals surface area contributed by atoms with E-state index in [2.05, 4.69) is 50.8 Å². The number of hydrogen-bond donors (Lipinski definition) is 3. The Hall–Kier alpha value is -11.3. The zero-order valence-electron chi connectivity index (χ0n) is 57.6. The number of ketones is 5. The topological polar surface area (TPSA) is 262 Å². The minimum Gasteiger partial charge on any atom is -0.507 e. The van der Waals surface area contributed by atoms with Crippen molar-refractivity contribution in [3.05, 3.63) is 222 Å². The number of phenolic OH excluding ortho intramolecular Hbond substituents is 2. The van der Waals surface area contributed by atoms with Crippen molar-refractivity contribution >= 4 is 78.4 Å². The van der Waals surface area contributed by atoms with Gasteiger partial charge in [0.2, 0.25) is 29.1 Å². The first-order valence-electron chi connectivity index (χ1n) is 31.5. The summed E-state index contributed by atoms with van der Waals surface area (Å²) in [7, 11) is 2.27. The summed E-state index contributed by atoms with van der Waals surface area (Å²) in [5, 5.41) is 29.0. The normalized spacial score (nSPS) is 11.7. The average Bonchev–Trinajstić information content (AvgIpc) is 1.68. The van der Waals surface area contributed by atoms with Gasteiger partial charge in [-0.05, 0) is 154 Å². The Balaban J connectivity index is 0.000000191. The summed E-state index contributed by atoms with van der Waals surface area (Å²) >= 11 is 2.89. The number of ether oxygens (including phenoxy) is 2. The molecule has 11 rings (SSSR count). The summed E-state index contributed by atoms with van der Waals surface area (Å²) in [5.74, 6) is -5.02. The van der Waals surface area contributed by atoms with E-state index in [4.69, 9.17) is 10.5 Å². The quantitative estimate of drug-likeness (QED) is 0.0489. The highest BCUT2D eigenvalue weighted by Gasteiger charge is 2.40. The number of aryl methyl sites for hydroxylation is 6. The molecule has 5 heterocycles. The van der Waals surface area contributed by atoms with Crippen LogP contribution in [0.15, 0.2) is 132 Å². The van der Waals surface area contributed by atoms with E-state index in [9.17, 15) is 100 Å². The van der Waals surface area contributed by atoms with E-state index < -0.39 is 93.3 Å². The molecule has 0 saturated heterocycles. The fourth-order valence-corrected chi connectivity index (χ4v) is 10.8. The number of benzene rings is 6. The highest BCUT2D eigenvalue weighted by atomic mass is 79.9. The molecule has 0 unspecified atom stereocenters. The van der Waals surface area contributed by atoms with Gasteiger partial charge < -0.3 is 25.4 Å². The van der Waals surface area contributed by atoms with Gasteiger partial charge in [0.25, 0.3) is 0 Å². The summed E-state index contributed by atoms with van der Waals surface area (Å²) in [6.45, 7) is 13.3. The van der Waals surface area contributed by atoms with Crippen molar-refractivity contribution in [2.24, 2.45) is 0 Å². The van der Waals surface area contributed by atoms with Gasteiger partial charge in [-0.2, -0.15) is 76.1 Å². The smallest absolute Gasteiger partial charge is 0.420 e. The molecule has 0 aliphatic carbocycles. The molecule has 11 aromatic rings. The second kappa shape index (κ2) is 33.5. The molecule has 35 heteroatoms. The lowest BCUT2D eigenvalue weighted by Gasteiger charge is -2.13. The highest BCUT2D eigenvalue weighted by molar-refractivity contribution is 9.10. The Bertz CT molecular complexity index is 5140. The number of aromatic nitrogens is 9. The SMILES string of the molecule is CCC(=O)CC(=O)c1ccc(OC)c(C(F)(F)F)c1.CCc1nc2ncc(C)cn2c1C(=O)c1ccc(OC)c(C(F)(F)F)c1.CCn1nc2ccc(C)cc2c1C(=O)c1cc(Br)c(O)c(C(F)(F)F)c1.CCn1nc2ccc(C)cc2c1C(=O)c1ccc(O)c(C(F)(F)F)c1.Nc1ncc(C(F)(F)F)cn1. The van der Waals surface area contributed by atoms with E-state index >= 15 is 0 Å². The summed E-state index contributed by atoms with van der Waals surface area (Å²) in [6.07, 6.45) is -18.3. The van der Waals surface area contributed by atoms with E-state index in [-0.39, 0.29) is 79.9 Å². The van der Waals surface area contributed by atoms with Crippen LogP contribution in [-0.2, 0) is 55.2 Å². The third kappa shape index (κ3) is 19.8. The van der Waals surface area contributed by atoms with E-state index in [0.717, 1.165) is 55.2 Å². The van der Waals surface area contributed by atoms with Gasteiger partial charge in [0, 0.05) is 77.3 Å². The molecule has 0 radical (unpaired) electrons. The van der Waals surface area contributed by atoms with Crippen LogP contribution in [0.4, 0.5) is 71.8 Å². The molecule has 566 valence electrons. The predicted octanol–water partition coefficient (Wildman–Crippen LogP) is 17.6. The Morgan fingerprint density at radius 2 is 0.944 bits per heavy atom. The first kappa shape index (κ1) is 83.0. The van der Waals surface area contributed by atoms with Crippen LogP contribution in [0.25, 0.3) is 27.6 Å². The number of carbonyl (C=O) groups is 5. The number of nitrogens with zero attached hydrogens (tertiary/aromatic N) is 9. The van der Waals surface area contributed by atoms with Crippen LogP contribution in [0.2, 0.25) is 0 Å².